The fourth-order valence-corrected chi connectivity index (χ4v) is 3.27. The SMILES string of the molecule is C=CC(=O)OC(C)(C)C.CCOC(=O)C(CCC(=O)OC(C)(C)C)(CCC(=O)OC(C)(C)C)C(C)=O.CCOC(=O)CC(C)=O. The van der Waals surface area contributed by atoms with Gasteiger partial charge in [-0.15, -0.1) is 0 Å². The molecule has 0 saturated heterocycles. The van der Waals surface area contributed by atoms with Gasteiger partial charge in [-0.3, -0.25) is 28.8 Å². The summed E-state index contributed by atoms with van der Waals surface area (Å²) in [6.45, 7) is 25.5. The zero-order valence-corrected chi connectivity index (χ0v) is 29.6. The number of Topliss-reactive ketones (excluding diaryl/α,β-unsaturated/α-hetero) is 2. The van der Waals surface area contributed by atoms with Crippen LogP contribution in [0, 0.1) is 5.41 Å². The van der Waals surface area contributed by atoms with Gasteiger partial charge >= 0.3 is 29.8 Å². The van der Waals surface area contributed by atoms with Crippen molar-refractivity contribution < 1.29 is 57.2 Å². The summed E-state index contributed by atoms with van der Waals surface area (Å²) in [5.41, 5.74) is -3.32. The summed E-state index contributed by atoms with van der Waals surface area (Å²) in [7, 11) is 0. The molecule has 0 bridgehead atoms. The first-order valence-corrected chi connectivity index (χ1v) is 14.9. The van der Waals surface area contributed by atoms with Crippen LogP contribution in [0.2, 0.25) is 0 Å². The van der Waals surface area contributed by atoms with Crippen LogP contribution in [0.3, 0.4) is 0 Å². The van der Waals surface area contributed by atoms with Gasteiger partial charge in [0, 0.05) is 18.9 Å². The maximum atomic E-state index is 12.6. The molecule has 0 aliphatic rings. The van der Waals surface area contributed by atoms with Crippen LogP contribution >= 0.6 is 0 Å². The Labute approximate surface area is 268 Å². The first-order valence-electron chi connectivity index (χ1n) is 14.9. The third-order valence-electron chi connectivity index (χ3n) is 4.96. The molecule has 0 aliphatic heterocycles. The summed E-state index contributed by atoms with van der Waals surface area (Å²) in [5, 5.41) is 0. The molecule has 0 aromatic carbocycles. The van der Waals surface area contributed by atoms with Gasteiger partial charge in [0.15, 0.2) is 0 Å². The molecule has 0 amide bonds. The van der Waals surface area contributed by atoms with E-state index in [1.807, 2.05) is 20.8 Å². The van der Waals surface area contributed by atoms with E-state index in [4.69, 9.17) is 18.9 Å². The van der Waals surface area contributed by atoms with E-state index in [1.54, 1.807) is 55.4 Å². The van der Waals surface area contributed by atoms with Crippen molar-refractivity contribution in [2.45, 2.75) is 139 Å². The minimum atomic E-state index is -1.58. The van der Waals surface area contributed by atoms with Crippen molar-refractivity contribution in [3.05, 3.63) is 12.7 Å². The molecule has 0 radical (unpaired) electrons. The Morgan fingerprint density at radius 3 is 1.22 bits per heavy atom. The van der Waals surface area contributed by atoms with Gasteiger partial charge in [-0.05, 0) is 103 Å². The monoisotopic (exact) mass is 644 g/mol. The second kappa shape index (κ2) is 21.2. The average molecular weight is 645 g/mol. The number of hydrogen-bond acceptors (Lipinski definition) is 12. The minimum absolute atomic E-state index is 0.0844. The third kappa shape index (κ3) is 26.5. The van der Waals surface area contributed by atoms with E-state index in [0.717, 1.165) is 6.08 Å². The smallest absolute Gasteiger partial charge is 0.330 e. The Bertz CT molecular complexity index is 972. The number of carbonyl (C=O) groups is 7. The maximum absolute atomic E-state index is 12.6. The van der Waals surface area contributed by atoms with Gasteiger partial charge in [0.25, 0.3) is 0 Å². The lowest BCUT2D eigenvalue weighted by Gasteiger charge is -2.29. The molecule has 12 heteroatoms. The van der Waals surface area contributed by atoms with Crippen molar-refractivity contribution in [2.24, 2.45) is 5.41 Å². The molecule has 260 valence electrons. The number of hydrogen-bond donors (Lipinski definition) is 0. The van der Waals surface area contributed by atoms with Gasteiger partial charge in [-0.25, -0.2) is 4.79 Å². The molecular weight excluding hydrogens is 588 g/mol. The van der Waals surface area contributed by atoms with Gasteiger partial charge in [0.05, 0.1) is 13.2 Å². The van der Waals surface area contributed by atoms with Gasteiger partial charge < -0.3 is 23.7 Å². The molecule has 0 heterocycles. The normalized spacial score (nSPS) is 11.2. The van der Waals surface area contributed by atoms with Crippen molar-refractivity contribution in [2.75, 3.05) is 13.2 Å². The van der Waals surface area contributed by atoms with Crippen molar-refractivity contribution in [3.63, 3.8) is 0 Å². The van der Waals surface area contributed by atoms with E-state index < -0.39 is 51.9 Å². The van der Waals surface area contributed by atoms with Gasteiger partial charge in [-0.2, -0.15) is 0 Å². The van der Waals surface area contributed by atoms with Crippen LogP contribution < -0.4 is 0 Å². The van der Waals surface area contributed by atoms with Crippen LogP contribution in [0.4, 0.5) is 0 Å². The molecule has 0 atom stereocenters. The predicted molar refractivity (Wildman–Crippen MR) is 168 cm³/mol. The number of ketones is 2. The standard InChI is InChI=1S/C20H34O7.C7H12O2.C6H10O3/c1-9-25-17(24)20(14(2)21,12-10-15(22)26-18(3,4)5)13-11-16(23)27-19(6,7)8;1-5-6(8)9-7(2,3)4;1-3-9-6(8)4-5(2)7/h9-13H2,1-8H3;5H,1H2,2-4H3;3-4H2,1-2H3. The Hall–Kier alpha value is -3.57. The second-order valence-electron chi connectivity index (χ2n) is 13.0. The highest BCUT2D eigenvalue weighted by Gasteiger charge is 2.45. The van der Waals surface area contributed by atoms with E-state index in [0.29, 0.717) is 6.61 Å². The highest BCUT2D eigenvalue weighted by molar-refractivity contribution is 6.03. The Kier molecular flexibility index (Phi) is 21.6. The van der Waals surface area contributed by atoms with E-state index in [-0.39, 0.29) is 50.5 Å². The molecule has 0 aromatic heterocycles. The number of esters is 5. The van der Waals surface area contributed by atoms with E-state index in [1.165, 1.54) is 13.8 Å². The molecule has 0 spiro atoms. The van der Waals surface area contributed by atoms with Crippen LogP contribution in [-0.4, -0.2) is 71.4 Å². The summed E-state index contributed by atoms with van der Waals surface area (Å²) >= 11 is 0. The maximum Gasteiger partial charge on any atom is 0.330 e. The largest absolute Gasteiger partial charge is 0.466 e. The molecule has 0 saturated carbocycles. The van der Waals surface area contributed by atoms with Crippen molar-refractivity contribution in [3.8, 4) is 0 Å². The molecule has 0 aliphatic carbocycles. The fourth-order valence-electron chi connectivity index (χ4n) is 3.27. The van der Waals surface area contributed by atoms with Gasteiger partial charge in [0.2, 0.25) is 0 Å². The lowest BCUT2D eigenvalue weighted by Crippen LogP contribution is -2.41. The lowest BCUT2D eigenvalue weighted by molar-refractivity contribution is -0.164. The van der Waals surface area contributed by atoms with E-state index >= 15 is 0 Å². The molecule has 0 fully saturated rings. The van der Waals surface area contributed by atoms with Crippen molar-refractivity contribution in [1.29, 1.82) is 0 Å². The highest BCUT2D eigenvalue weighted by atomic mass is 16.6. The zero-order chi connectivity index (χ0) is 36.2. The topological polar surface area (TPSA) is 166 Å². The van der Waals surface area contributed by atoms with Crippen molar-refractivity contribution >= 4 is 41.4 Å². The predicted octanol–water partition coefficient (Wildman–Crippen LogP) is 5.41. The fraction of sp³-hybridized carbons (Fsp3) is 0.727. The van der Waals surface area contributed by atoms with Gasteiger partial charge in [-0.1, -0.05) is 6.58 Å². The zero-order valence-electron chi connectivity index (χ0n) is 29.6. The summed E-state index contributed by atoms with van der Waals surface area (Å²) in [5.74, 6) is -3.19. The molecule has 0 aromatic rings. The van der Waals surface area contributed by atoms with Crippen molar-refractivity contribution in [1.82, 2.24) is 0 Å². The highest BCUT2D eigenvalue weighted by Crippen LogP contribution is 2.34. The summed E-state index contributed by atoms with van der Waals surface area (Å²) in [6, 6.07) is 0. The lowest BCUT2D eigenvalue weighted by atomic mass is 9.75. The Morgan fingerprint density at radius 2 is 0.978 bits per heavy atom. The quantitative estimate of drug-likeness (QED) is 0.108. The number of ether oxygens (including phenoxy) is 5. The number of rotatable bonds is 13. The van der Waals surface area contributed by atoms with Crippen LogP contribution in [0.5, 0.6) is 0 Å². The summed E-state index contributed by atoms with van der Waals surface area (Å²) < 4.78 is 24.9. The molecule has 45 heavy (non-hydrogen) atoms. The van der Waals surface area contributed by atoms with Crippen LogP contribution in [0.25, 0.3) is 0 Å². The average Bonchev–Trinajstić information content (AvgIpc) is 2.81. The third-order valence-corrected chi connectivity index (χ3v) is 4.96. The molecule has 0 unspecified atom stereocenters. The molecule has 12 nitrogen and oxygen atoms in total. The van der Waals surface area contributed by atoms with Crippen LogP contribution in [-0.2, 0) is 57.2 Å². The molecular formula is C33H56O12. The summed E-state index contributed by atoms with van der Waals surface area (Å²) in [4.78, 5) is 80.2. The first-order chi connectivity index (χ1) is 20.2. The van der Waals surface area contributed by atoms with Crippen LogP contribution in [0.15, 0.2) is 12.7 Å². The molecule has 0 rings (SSSR count). The summed E-state index contributed by atoms with van der Waals surface area (Å²) in [6.07, 6.45) is 0.616. The van der Waals surface area contributed by atoms with Crippen LogP contribution in [0.1, 0.15) is 122 Å². The minimum Gasteiger partial charge on any atom is -0.466 e. The Balaban J connectivity index is -0.000000793. The Morgan fingerprint density at radius 1 is 0.600 bits per heavy atom. The van der Waals surface area contributed by atoms with E-state index in [2.05, 4.69) is 11.3 Å². The number of carbonyl (C=O) groups excluding carboxylic acids is 7. The van der Waals surface area contributed by atoms with E-state index in [9.17, 15) is 33.6 Å². The van der Waals surface area contributed by atoms with Gasteiger partial charge in [0.1, 0.15) is 40.2 Å². The first kappa shape index (κ1) is 45.9. The second-order valence-corrected chi connectivity index (χ2v) is 13.0. The molecule has 0 N–H and O–H groups in total.